The van der Waals surface area contributed by atoms with Crippen molar-refractivity contribution in [3.8, 4) is 5.75 Å². The molecule has 4 nitrogen and oxygen atoms in total. The van der Waals surface area contributed by atoms with Crippen LogP contribution >= 0.6 is 0 Å². The smallest absolute Gasteiger partial charge is 0.125 e. The van der Waals surface area contributed by atoms with Gasteiger partial charge in [0.15, 0.2) is 0 Å². The molecule has 0 atom stereocenters. The molecule has 160 valence electrons. The first-order valence-corrected chi connectivity index (χ1v) is 10.6. The fourth-order valence-electron chi connectivity index (χ4n) is 3.27. The second-order valence-electron chi connectivity index (χ2n) is 7.68. The molecule has 0 saturated carbocycles. The third kappa shape index (κ3) is 6.05. The van der Waals surface area contributed by atoms with Crippen LogP contribution in [0.5, 0.6) is 5.75 Å². The minimum atomic E-state index is 0.514. The number of hydrogen-bond acceptors (Lipinski definition) is 4. The van der Waals surface area contributed by atoms with Crippen molar-refractivity contribution in [3.63, 3.8) is 0 Å². The lowest BCUT2D eigenvalue weighted by molar-refractivity contribution is 0.415. The highest BCUT2D eigenvalue weighted by Crippen LogP contribution is 2.16. The number of hydrogen-bond donors (Lipinski definition) is 0. The number of rotatable bonds is 8. The molecule has 0 unspecified atom stereocenters. The Morgan fingerprint density at radius 1 is 0.812 bits per heavy atom. The third-order valence-corrected chi connectivity index (χ3v) is 5.10. The Balaban J connectivity index is 1.30. The molecular formula is C28H26N2O2. The standard InChI is InChI=1S/C28H26N2O2/c1-21-3-11-26(12-4-21)30-18-24-7-5-22(6-8-24)15-25-16-28(32-20-25)19-29-17-23-9-13-27(31-2)14-10-23/h3-14,16-18,20H,15,19H2,1-2H3. The molecule has 3 aromatic carbocycles. The highest BCUT2D eigenvalue weighted by atomic mass is 16.5. The van der Waals surface area contributed by atoms with Gasteiger partial charge >= 0.3 is 0 Å². The normalized spacial score (nSPS) is 11.4. The van der Waals surface area contributed by atoms with E-state index in [1.54, 1.807) is 7.11 Å². The monoisotopic (exact) mass is 422 g/mol. The van der Waals surface area contributed by atoms with Crippen molar-refractivity contribution in [2.75, 3.05) is 7.11 Å². The van der Waals surface area contributed by atoms with Gasteiger partial charge in [0.25, 0.3) is 0 Å². The van der Waals surface area contributed by atoms with Gasteiger partial charge in [0.05, 0.1) is 25.6 Å². The first-order valence-electron chi connectivity index (χ1n) is 10.6. The van der Waals surface area contributed by atoms with Gasteiger partial charge in [0.1, 0.15) is 11.5 Å². The van der Waals surface area contributed by atoms with E-state index in [9.17, 15) is 0 Å². The fraction of sp³-hybridized carbons (Fsp3) is 0.143. The highest BCUT2D eigenvalue weighted by molar-refractivity contribution is 5.82. The lowest BCUT2D eigenvalue weighted by atomic mass is 10.1. The number of aryl methyl sites for hydroxylation is 1. The van der Waals surface area contributed by atoms with Crippen molar-refractivity contribution < 1.29 is 9.15 Å². The van der Waals surface area contributed by atoms with Crippen molar-refractivity contribution in [1.82, 2.24) is 0 Å². The van der Waals surface area contributed by atoms with Crippen LogP contribution in [-0.2, 0) is 13.0 Å². The molecule has 4 aromatic rings. The summed E-state index contributed by atoms with van der Waals surface area (Å²) in [7, 11) is 1.66. The molecule has 0 spiro atoms. The summed E-state index contributed by atoms with van der Waals surface area (Å²) < 4.78 is 10.8. The number of ether oxygens (including phenoxy) is 1. The van der Waals surface area contributed by atoms with Crippen LogP contribution in [0.4, 0.5) is 5.69 Å². The van der Waals surface area contributed by atoms with E-state index in [0.29, 0.717) is 6.54 Å². The van der Waals surface area contributed by atoms with E-state index in [1.165, 1.54) is 11.1 Å². The number of furan rings is 1. The minimum absolute atomic E-state index is 0.514. The van der Waals surface area contributed by atoms with E-state index in [0.717, 1.165) is 40.3 Å². The molecule has 0 aliphatic heterocycles. The maximum Gasteiger partial charge on any atom is 0.125 e. The van der Waals surface area contributed by atoms with E-state index in [1.807, 2.05) is 55.1 Å². The Morgan fingerprint density at radius 2 is 1.50 bits per heavy atom. The van der Waals surface area contributed by atoms with Gasteiger partial charge in [-0.15, -0.1) is 0 Å². The number of nitrogens with zero attached hydrogens (tertiary/aromatic N) is 2. The van der Waals surface area contributed by atoms with Crippen LogP contribution in [0.2, 0.25) is 0 Å². The zero-order valence-corrected chi connectivity index (χ0v) is 18.4. The molecule has 0 radical (unpaired) electrons. The minimum Gasteiger partial charge on any atom is -0.497 e. The summed E-state index contributed by atoms with van der Waals surface area (Å²) in [5, 5.41) is 0. The maximum absolute atomic E-state index is 5.68. The largest absolute Gasteiger partial charge is 0.497 e. The predicted molar refractivity (Wildman–Crippen MR) is 131 cm³/mol. The van der Waals surface area contributed by atoms with Crippen LogP contribution in [0.1, 0.15) is 33.6 Å². The SMILES string of the molecule is COc1ccc(C=NCc2cc(Cc3ccc(C=Nc4ccc(C)cc4)cc3)co2)cc1. The molecule has 4 heteroatoms. The van der Waals surface area contributed by atoms with Gasteiger partial charge in [0.2, 0.25) is 0 Å². The summed E-state index contributed by atoms with van der Waals surface area (Å²) in [6.45, 7) is 2.59. The van der Waals surface area contributed by atoms with Crippen LogP contribution < -0.4 is 4.74 Å². The van der Waals surface area contributed by atoms with E-state index >= 15 is 0 Å². The Kier molecular flexibility index (Phi) is 6.93. The van der Waals surface area contributed by atoms with E-state index < -0.39 is 0 Å². The molecule has 0 aliphatic rings. The van der Waals surface area contributed by atoms with Crippen molar-refractivity contribution in [1.29, 1.82) is 0 Å². The van der Waals surface area contributed by atoms with E-state index in [-0.39, 0.29) is 0 Å². The van der Waals surface area contributed by atoms with E-state index in [4.69, 9.17) is 9.15 Å². The van der Waals surface area contributed by atoms with Gasteiger partial charge in [-0.1, -0.05) is 42.0 Å². The average molecular weight is 423 g/mol. The molecule has 4 rings (SSSR count). The van der Waals surface area contributed by atoms with E-state index in [2.05, 4.69) is 59.4 Å². The summed E-state index contributed by atoms with van der Waals surface area (Å²) >= 11 is 0. The number of benzene rings is 3. The molecule has 0 saturated heterocycles. The van der Waals surface area contributed by atoms with Gasteiger partial charge in [-0.25, -0.2) is 0 Å². The summed E-state index contributed by atoms with van der Waals surface area (Å²) in [5.74, 6) is 1.69. The zero-order valence-electron chi connectivity index (χ0n) is 18.4. The lowest BCUT2D eigenvalue weighted by Gasteiger charge is -2.00. The molecular weight excluding hydrogens is 396 g/mol. The van der Waals surface area contributed by atoms with Crippen molar-refractivity contribution in [3.05, 3.63) is 119 Å². The number of methoxy groups -OCH3 is 1. The fourth-order valence-corrected chi connectivity index (χ4v) is 3.27. The molecule has 1 heterocycles. The van der Waals surface area contributed by atoms with Crippen LogP contribution in [0.3, 0.4) is 0 Å². The molecule has 0 N–H and O–H groups in total. The predicted octanol–water partition coefficient (Wildman–Crippen LogP) is 6.56. The van der Waals surface area contributed by atoms with Gasteiger partial charge in [-0.05, 0) is 71.6 Å². The highest BCUT2D eigenvalue weighted by Gasteiger charge is 2.03. The van der Waals surface area contributed by atoms with Gasteiger partial charge in [0, 0.05) is 18.9 Å². The zero-order chi connectivity index (χ0) is 22.2. The first kappa shape index (κ1) is 21.3. The first-order chi connectivity index (χ1) is 15.7. The Bertz CT molecular complexity index is 1190. The maximum atomic E-state index is 5.68. The average Bonchev–Trinajstić information content (AvgIpc) is 3.27. The van der Waals surface area contributed by atoms with Crippen molar-refractivity contribution in [2.24, 2.45) is 9.98 Å². The van der Waals surface area contributed by atoms with Gasteiger partial charge in [-0.3, -0.25) is 9.98 Å². The molecule has 0 amide bonds. The summed E-state index contributed by atoms with van der Waals surface area (Å²) in [4.78, 5) is 9.01. The van der Waals surface area contributed by atoms with Gasteiger partial charge < -0.3 is 9.15 Å². The van der Waals surface area contributed by atoms with Gasteiger partial charge in [-0.2, -0.15) is 0 Å². The summed E-state index contributed by atoms with van der Waals surface area (Å²) in [6.07, 6.45) is 6.37. The van der Waals surface area contributed by atoms with Crippen molar-refractivity contribution in [2.45, 2.75) is 19.9 Å². The second kappa shape index (κ2) is 10.4. The molecule has 0 fully saturated rings. The second-order valence-corrected chi connectivity index (χ2v) is 7.68. The molecule has 1 aromatic heterocycles. The Labute approximate surface area is 188 Å². The Morgan fingerprint density at radius 3 is 2.22 bits per heavy atom. The molecule has 32 heavy (non-hydrogen) atoms. The molecule has 0 bridgehead atoms. The summed E-state index contributed by atoms with van der Waals surface area (Å²) in [5.41, 5.74) is 6.67. The lowest BCUT2D eigenvalue weighted by Crippen LogP contribution is -1.88. The Hall–Kier alpha value is -3.92. The van der Waals surface area contributed by atoms with Crippen LogP contribution in [0.15, 0.2) is 99.5 Å². The van der Waals surface area contributed by atoms with Crippen molar-refractivity contribution >= 4 is 18.1 Å². The molecule has 0 aliphatic carbocycles. The third-order valence-electron chi connectivity index (χ3n) is 5.10. The summed E-state index contributed by atoms with van der Waals surface area (Å²) in [6, 6.07) is 26.5. The number of aliphatic imine (C=N–C) groups is 2. The van der Waals surface area contributed by atoms with Crippen LogP contribution in [-0.4, -0.2) is 19.5 Å². The van der Waals surface area contributed by atoms with Crippen LogP contribution in [0, 0.1) is 6.92 Å². The quantitative estimate of drug-likeness (QED) is 0.302. The topological polar surface area (TPSA) is 47.1 Å². The van der Waals surface area contributed by atoms with Crippen LogP contribution in [0.25, 0.3) is 0 Å².